The predicted octanol–water partition coefficient (Wildman–Crippen LogP) is -3.47. The van der Waals surface area contributed by atoms with Crippen LogP contribution in [0.5, 0.6) is 0 Å². The van der Waals surface area contributed by atoms with Crippen LogP contribution in [0.4, 0.5) is 0 Å². The number of aromatic nitrogens is 3. The van der Waals surface area contributed by atoms with Crippen LogP contribution in [-0.4, -0.2) is 73.5 Å². The van der Waals surface area contributed by atoms with E-state index in [4.69, 9.17) is 15.6 Å². The standard InChI is InChI=1S/C10H14N4O7/c11-8(19)9-12-3-14(13-9)10-7(18)6(17)4(21-10)2-20-5(16)1-15/h3-4,6-7,10,15,17-18H,1-2H2,(H2,11,19)/t4?,6-,7?,10?/m1/s1. The molecular weight excluding hydrogens is 288 g/mol. The van der Waals surface area contributed by atoms with E-state index in [0.717, 1.165) is 11.0 Å². The summed E-state index contributed by atoms with van der Waals surface area (Å²) in [5, 5.41) is 31.9. The Bertz CT molecular complexity index is 533. The number of hydrogen-bond acceptors (Lipinski definition) is 9. The molecule has 0 saturated carbocycles. The molecule has 1 aromatic rings. The number of aliphatic hydroxyl groups is 3. The maximum Gasteiger partial charge on any atom is 0.331 e. The molecule has 0 radical (unpaired) electrons. The lowest BCUT2D eigenvalue weighted by molar-refractivity contribution is -0.153. The minimum Gasteiger partial charge on any atom is -0.461 e. The third kappa shape index (κ3) is 3.16. The van der Waals surface area contributed by atoms with Gasteiger partial charge in [0.25, 0.3) is 5.91 Å². The number of hydrogen-bond donors (Lipinski definition) is 4. The molecule has 5 N–H and O–H groups in total. The molecule has 1 aliphatic heterocycles. The Morgan fingerprint density at radius 2 is 2.14 bits per heavy atom. The van der Waals surface area contributed by atoms with E-state index in [9.17, 15) is 19.8 Å². The van der Waals surface area contributed by atoms with Gasteiger partial charge in [-0.05, 0) is 0 Å². The van der Waals surface area contributed by atoms with Crippen molar-refractivity contribution in [2.24, 2.45) is 5.73 Å². The summed E-state index contributed by atoms with van der Waals surface area (Å²) in [6, 6.07) is 0. The summed E-state index contributed by atoms with van der Waals surface area (Å²) in [4.78, 5) is 25.4. The number of esters is 1. The van der Waals surface area contributed by atoms with Gasteiger partial charge in [-0.2, -0.15) is 0 Å². The van der Waals surface area contributed by atoms with Crippen molar-refractivity contribution in [2.45, 2.75) is 24.5 Å². The first-order chi connectivity index (χ1) is 9.93. The number of carbonyl (C=O) groups excluding carboxylic acids is 2. The lowest BCUT2D eigenvalue weighted by Gasteiger charge is -2.14. The molecule has 1 aliphatic rings. The van der Waals surface area contributed by atoms with E-state index >= 15 is 0 Å². The van der Waals surface area contributed by atoms with Crippen molar-refractivity contribution in [1.29, 1.82) is 0 Å². The van der Waals surface area contributed by atoms with Crippen LogP contribution < -0.4 is 5.73 Å². The Balaban J connectivity index is 2.04. The minimum atomic E-state index is -1.37. The van der Waals surface area contributed by atoms with E-state index < -0.39 is 43.0 Å². The van der Waals surface area contributed by atoms with Crippen molar-refractivity contribution in [3.05, 3.63) is 12.2 Å². The molecule has 11 heteroatoms. The smallest absolute Gasteiger partial charge is 0.331 e. The molecule has 0 aliphatic carbocycles. The van der Waals surface area contributed by atoms with Gasteiger partial charge >= 0.3 is 5.97 Å². The molecule has 1 saturated heterocycles. The van der Waals surface area contributed by atoms with Gasteiger partial charge in [0.1, 0.15) is 37.9 Å². The van der Waals surface area contributed by atoms with Crippen LogP contribution in [0.2, 0.25) is 0 Å². The monoisotopic (exact) mass is 302 g/mol. The largest absolute Gasteiger partial charge is 0.461 e. The predicted molar refractivity (Wildman–Crippen MR) is 62.5 cm³/mol. The van der Waals surface area contributed by atoms with E-state index in [1.165, 1.54) is 0 Å². The Labute approximate surface area is 117 Å². The minimum absolute atomic E-state index is 0.268. The molecule has 11 nitrogen and oxygen atoms in total. The second kappa shape index (κ2) is 6.13. The zero-order valence-corrected chi connectivity index (χ0v) is 10.7. The average Bonchev–Trinajstić information content (AvgIpc) is 3.04. The highest BCUT2D eigenvalue weighted by atomic mass is 16.6. The summed E-state index contributed by atoms with van der Waals surface area (Å²) < 4.78 is 11.0. The molecule has 1 fully saturated rings. The number of primary amides is 1. The van der Waals surface area contributed by atoms with Crippen molar-refractivity contribution >= 4 is 11.9 Å². The van der Waals surface area contributed by atoms with E-state index in [1.54, 1.807) is 0 Å². The van der Waals surface area contributed by atoms with Crippen LogP contribution in [0.25, 0.3) is 0 Å². The van der Waals surface area contributed by atoms with E-state index in [2.05, 4.69) is 14.8 Å². The van der Waals surface area contributed by atoms with E-state index in [-0.39, 0.29) is 12.4 Å². The highest BCUT2D eigenvalue weighted by Crippen LogP contribution is 2.28. The topological polar surface area (TPSA) is 170 Å². The highest BCUT2D eigenvalue weighted by Gasteiger charge is 2.44. The first-order valence-electron chi connectivity index (χ1n) is 5.93. The van der Waals surface area contributed by atoms with Crippen LogP contribution in [0, 0.1) is 0 Å². The molecule has 21 heavy (non-hydrogen) atoms. The summed E-state index contributed by atoms with van der Waals surface area (Å²) in [6.45, 7) is -1.16. The second-order valence-corrected chi connectivity index (χ2v) is 4.30. The molecular formula is C10H14N4O7. The molecule has 4 atom stereocenters. The van der Waals surface area contributed by atoms with Gasteiger partial charge in [0.05, 0.1) is 0 Å². The molecule has 116 valence electrons. The van der Waals surface area contributed by atoms with Crippen molar-refractivity contribution in [1.82, 2.24) is 14.8 Å². The lowest BCUT2D eigenvalue weighted by Crippen LogP contribution is -2.34. The molecule has 0 spiro atoms. The average molecular weight is 302 g/mol. The number of nitrogens with two attached hydrogens (primary N) is 1. The summed E-state index contributed by atoms with van der Waals surface area (Å²) in [5.74, 6) is -2.01. The Hall–Kier alpha value is -2.08. The zero-order chi connectivity index (χ0) is 15.6. The van der Waals surface area contributed by atoms with Gasteiger partial charge in [-0.25, -0.2) is 14.5 Å². The van der Waals surface area contributed by atoms with Crippen molar-refractivity contribution in [3.63, 3.8) is 0 Å². The van der Waals surface area contributed by atoms with Gasteiger partial charge in [0.15, 0.2) is 6.23 Å². The Kier molecular flexibility index (Phi) is 4.47. The first-order valence-corrected chi connectivity index (χ1v) is 5.93. The summed E-state index contributed by atoms with van der Waals surface area (Å²) in [5.41, 5.74) is 5.00. The molecule has 0 bridgehead atoms. The molecule has 1 amide bonds. The van der Waals surface area contributed by atoms with E-state index in [1.807, 2.05) is 0 Å². The second-order valence-electron chi connectivity index (χ2n) is 4.30. The summed E-state index contributed by atoms with van der Waals surface area (Å²) in [7, 11) is 0. The quantitative estimate of drug-likeness (QED) is 0.403. The molecule has 0 aromatic carbocycles. The van der Waals surface area contributed by atoms with Crippen molar-refractivity contribution in [3.8, 4) is 0 Å². The van der Waals surface area contributed by atoms with Crippen LogP contribution in [0.15, 0.2) is 6.33 Å². The summed E-state index contributed by atoms with van der Waals surface area (Å²) >= 11 is 0. The number of ether oxygens (including phenoxy) is 2. The third-order valence-electron chi connectivity index (χ3n) is 2.86. The fraction of sp³-hybridized carbons (Fsp3) is 0.600. The first kappa shape index (κ1) is 15.3. The number of aliphatic hydroxyl groups excluding tert-OH is 3. The molecule has 3 unspecified atom stereocenters. The molecule has 1 aromatic heterocycles. The number of carbonyl (C=O) groups is 2. The van der Waals surface area contributed by atoms with Crippen LogP contribution >= 0.6 is 0 Å². The van der Waals surface area contributed by atoms with Crippen LogP contribution in [0.3, 0.4) is 0 Å². The van der Waals surface area contributed by atoms with Crippen molar-refractivity contribution in [2.75, 3.05) is 13.2 Å². The van der Waals surface area contributed by atoms with Gasteiger partial charge in [0, 0.05) is 0 Å². The normalized spacial score (nSPS) is 28.5. The third-order valence-corrected chi connectivity index (χ3v) is 2.86. The van der Waals surface area contributed by atoms with Crippen LogP contribution in [0.1, 0.15) is 16.8 Å². The Morgan fingerprint density at radius 1 is 1.43 bits per heavy atom. The van der Waals surface area contributed by atoms with Gasteiger partial charge in [0.2, 0.25) is 5.82 Å². The molecule has 2 rings (SSSR count). The fourth-order valence-electron chi connectivity index (χ4n) is 1.82. The van der Waals surface area contributed by atoms with Gasteiger partial charge in [-0.15, -0.1) is 5.10 Å². The maximum absolute atomic E-state index is 10.9. The number of nitrogens with zero attached hydrogens (tertiary/aromatic N) is 3. The van der Waals surface area contributed by atoms with Gasteiger partial charge < -0.3 is 30.5 Å². The van der Waals surface area contributed by atoms with Gasteiger partial charge in [-0.3, -0.25) is 4.79 Å². The Morgan fingerprint density at radius 3 is 2.71 bits per heavy atom. The van der Waals surface area contributed by atoms with E-state index in [0.29, 0.717) is 0 Å². The zero-order valence-electron chi connectivity index (χ0n) is 10.7. The molecule has 2 heterocycles. The number of amides is 1. The van der Waals surface area contributed by atoms with Crippen molar-refractivity contribution < 1.29 is 34.4 Å². The highest BCUT2D eigenvalue weighted by molar-refractivity contribution is 5.88. The van der Waals surface area contributed by atoms with Crippen LogP contribution in [-0.2, 0) is 14.3 Å². The van der Waals surface area contributed by atoms with Gasteiger partial charge in [-0.1, -0.05) is 0 Å². The SMILES string of the molecule is NC(=O)c1ncn(C2OC(COC(=O)CO)[C@@H](O)C2O)n1. The summed E-state index contributed by atoms with van der Waals surface area (Å²) in [6.07, 6.45) is -3.73. The maximum atomic E-state index is 10.9. The number of rotatable bonds is 5. The fourth-order valence-corrected chi connectivity index (χ4v) is 1.82. The lowest BCUT2D eigenvalue weighted by atomic mass is 10.1.